The van der Waals surface area contributed by atoms with E-state index in [1.165, 1.54) is 18.4 Å². The van der Waals surface area contributed by atoms with E-state index in [-0.39, 0.29) is 5.91 Å². The summed E-state index contributed by atoms with van der Waals surface area (Å²) < 4.78 is 0. The lowest BCUT2D eigenvalue weighted by molar-refractivity contribution is -0.120. The summed E-state index contributed by atoms with van der Waals surface area (Å²) in [6.07, 6.45) is 3.51. The summed E-state index contributed by atoms with van der Waals surface area (Å²) >= 11 is 6.13. The summed E-state index contributed by atoms with van der Waals surface area (Å²) in [5.74, 6) is 0.638. The van der Waals surface area contributed by atoms with Crippen LogP contribution in [0.3, 0.4) is 0 Å². The van der Waals surface area contributed by atoms with Crippen LogP contribution < -0.4 is 5.32 Å². The van der Waals surface area contributed by atoms with Crippen molar-refractivity contribution in [2.45, 2.75) is 37.5 Å². The molecular formula is C14H18ClNO. The molecule has 0 heterocycles. The third kappa shape index (κ3) is 3.22. The van der Waals surface area contributed by atoms with Gasteiger partial charge in [-0.2, -0.15) is 0 Å². The van der Waals surface area contributed by atoms with Crippen molar-refractivity contribution in [2.24, 2.45) is 0 Å². The van der Waals surface area contributed by atoms with E-state index < -0.39 is 5.38 Å². The number of carbonyl (C=O) groups is 1. The molecule has 0 aromatic heterocycles. The van der Waals surface area contributed by atoms with Crippen LogP contribution in [0.1, 0.15) is 48.6 Å². The van der Waals surface area contributed by atoms with Crippen LogP contribution in [-0.2, 0) is 4.79 Å². The van der Waals surface area contributed by atoms with Gasteiger partial charge < -0.3 is 5.32 Å². The number of hydrogen-bond acceptors (Lipinski definition) is 1. The highest BCUT2D eigenvalue weighted by Gasteiger charge is 2.24. The van der Waals surface area contributed by atoms with Crippen LogP contribution >= 0.6 is 11.6 Å². The van der Waals surface area contributed by atoms with Gasteiger partial charge in [0.15, 0.2) is 0 Å². The number of rotatable bonds is 5. The molecule has 17 heavy (non-hydrogen) atoms. The standard InChI is InChI=1S/C14H18ClNO/c1-2-9-16-14(17)13(15)12-7-5-11(6-8-12)10-3-4-10/h5-8,10,13H,2-4,9H2,1H3,(H,16,17). The number of hydrogen-bond donors (Lipinski definition) is 1. The van der Waals surface area contributed by atoms with Crippen molar-refractivity contribution in [1.82, 2.24) is 5.32 Å². The van der Waals surface area contributed by atoms with Crippen LogP contribution in [0, 0.1) is 0 Å². The van der Waals surface area contributed by atoms with E-state index in [4.69, 9.17) is 11.6 Å². The van der Waals surface area contributed by atoms with Crippen molar-refractivity contribution in [3.63, 3.8) is 0 Å². The topological polar surface area (TPSA) is 29.1 Å². The Morgan fingerprint density at radius 3 is 2.59 bits per heavy atom. The zero-order valence-electron chi connectivity index (χ0n) is 10.1. The summed E-state index contributed by atoms with van der Waals surface area (Å²) in [6.45, 7) is 2.70. The molecule has 0 saturated heterocycles. The predicted octanol–water partition coefficient (Wildman–Crippen LogP) is 3.37. The summed E-state index contributed by atoms with van der Waals surface area (Å²) in [7, 11) is 0. The van der Waals surface area contributed by atoms with Gasteiger partial charge in [-0.15, -0.1) is 11.6 Å². The van der Waals surface area contributed by atoms with Crippen LogP contribution in [0.5, 0.6) is 0 Å². The van der Waals surface area contributed by atoms with Gasteiger partial charge in [0.2, 0.25) is 5.91 Å². The summed E-state index contributed by atoms with van der Waals surface area (Å²) in [4.78, 5) is 11.7. The number of nitrogens with one attached hydrogen (secondary N) is 1. The molecule has 2 nitrogen and oxygen atoms in total. The normalized spacial score (nSPS) is 16.6. The lowest BCUT2D eigenvalue weighted by Gasteiger charge is -2.10. The predicted molar refractivity (Wildman–Crippen MR) is 70.3 cm³/mol. The highest BCUT2D eigenvalue weighted by molar-refractivity contribution is 6.30. The number of alkyl halides is 1. The van der Waals surface area contributed by atoms with Crippen LogP contribution in [0.25, 0.3) is 0 Å². The van der Waals surface area contributed by atoms with Gasteiger partial charge in [-0.3, -0.25) is 4.79 Å². The number of carbonyl (C=O) groups excluding carboxylic acids is 1. The molecule has 1 N–H and O–H groups in total. The zero-order valence-corrected chi connectivity index (χ0v) is 10.8. The fourth-order valence-corrected chi connectivity index (χ4v) is 2.07. The van der Waals surface area contributed by atoms with Crippen LogP contribution in [-0.4, -0.2) is 12.5 Å². The minimum absolute atomic E-state index is 0.104. The molecule has 0 aliphatic heterocycles. The average molecular weight is 252 g/mol. The molecule has 1 fully saturated rings. The van der Waals surface area contributed by atoms with Gasteiger partial charge in [0, 0.05) is 6.54 Å². The number of amides is 1. The second kappa shape index (κ2) is 5.54. The first-order chi connectivity index (χ1) is 8.22. The van der Waals surface area contributed by atoms with Crippen LogP contribution in [0.2, 0.25) is 0 Å². The molecule has 3 heteroatoms. The molecule has 1 aliphatic carbocycles. The molecule has 1 aromatic rings. The smallest absolute Gasteiger partial charge is 0.242 e. The number of halogens is 1. The minimum atomic E-state index is -0.574. The maximum Gasteiger partial charge on any atom is 0.242 e. The Bertz CT molecular complexity index is 384. The van der Waals surface area contributed by atoms with E-state index in [1.807, 2.05) is 19.1 Å². The van der Waals surface area contributed by atoms with E-state index >= 15 is 0 Å². The Morgan fingerprint density at radius 1 is 1.41 bits per heavy atom. The first kappa shape index (κ1) is 12.4. The average Bonchev–Trinajstić information content (AvgIpc) is 3.19. The maximum atomic E-state index is 11.7. The van der Waals surface area contributed by atoms with E-state index in [1.54, 1.807) is 0 Å². The SMILES string of the molecule is CCCNC(=O)C(Cl)c1ccc(C2CC2)cc1. The Hall–Kier alpha value is -1.02. The van der Waals surface area contributed by atoms with Gasteiger partial charge in [0.25, 0.3) is 0 Å². The minimum Gasteiger partial charge on any atom is -0.355 e. The maximum absolute atomic E-state index is 11.7. The van der Waals surface area contributed by atoms with Crippen molar-refractivity contribution in [3.8, 4) is 0 Å². The van der Waals surface area contributed by atoms with E-state index in [0.717, 1.165) is 17.9 Å². The molecule has 1 saturated carbocycles. The summed E-state index contributed by atoms with van der Waals surface area (Å²) in [6, 6.07) is 8.12. The van der Waals surface area contributed by atoms with Crippen molar-refractivity contribution in [1.29, 1.82) is 0 Å². The second-order valence-corrected chi connectivity index (χ2v) is 5.03. The van der Waals surface area contributed by atoms with Crippen LogP contribution in [0.15, 0.2) is 24.3 Å². The quantitative estimate of drug-likeness (QED) is 0.799. The van der Waals surface area contributed by atoms with Crippen molar-refractivity contribution < 1.29 is 4.79 Å². The Morgan fingerprint density at radius 2 is 2.06 bits per heavy atom. The molecule has 1 aliphatic rings. The fraction of sp³-hybridized carbons (Fsp3) is 0.500. The molecule has 1 amide bonds. The van der Waals surface area contributed by atoms with Crippen molar-refractivity contribution in [2.75, 3.05) is 6.54 Å². The monoisotopic (exact) mass is 251 g/mol. The largest absolute Gasteiger partial charge is 0.355 e. The fourth-order valence-electron chi connectivity index (χ4n) is 1.84. The van der Waals surface area contributed by atoms with Gasteiger partial charge in [-0.05, 0) is 36.3 Å². The van der Waals surface area contributed by atoms with Gasteiger partial charge >= 0.3 is 0 Å². The van der Waals surface area contributed by atoms with Gasteiger partial charge in [0.05, 0.1) is 0 Å². The van der Waals surface area contributed by atoms with E-state index in [9.17, 15) is 4.79 Å². The van der Waals surface area contributed by atoms with Gasteiger partial charge in [-0.25, -0.2) is 0 Å². The molecule has 2 rings (SSSR count). The van der Waals surface area contributed by atoms with Crippen LogP contribution in [0.4, 0.5) is 0 Å². The molecular weight excluding hydrogens is 234 g/mol. The lowest BCUT2D eigenvalue weighted by Crippen LogP contribution is -2.27. The van der Waals surface area contributed by atoms with Gasteiger partial charge in [-0.1, -0.05) is 31.2 Å². The molecule has 1 unspecified atom stereocenters. The molecule has 92 valence electrons. The molecule has 1 aromatic carbocycles. The Balaban J connectivity index is 1.97. The van der Waals surface area contributed by atoms with Crippen molar-refractivity contribution in [3.05, 3.63) is 35.4 Å². The molecule has 0 spiro atoms. The number of benzene rings is 1. The first-order valence-electron chi connectivity index (χ1n) is 6.24. The van der Waals surface area contributed by atoms with Gasteiger partial charge in [0.1, 0.15) is 5.38 Å². The van der Waals surface area contributed by atoms with E-state index in [2.05, 4.69) is 17.4 Å². The summed E-state index contributed by atoms with van der Waals surface area (Å²) in [5.41, 5.74) is 2.25. The zero-order chi connectivity index (χ0) is 12.3. The first-order valence-corrected chi connectivity index (χ1v) is 6.67. The Labute approximate surface area is 107 Å². The summed E-state index contributed by atoms with van der Waals surface area (Å²) in [5, 5.41) is 2.24. The third-order valence-corrected chi connectivity index (χ3v) is 3.51. The molecule has 0 radical (unpaired) electrons. The molecule has 0 bridgehead atoms. The second-order valence-electron chi connectivity index (χ2n) is 4.59. The molecule has 1 atom stereocenters. The highest BCUT2D eigenvalue weighted by atomic mass is 35.5. The van der Waals surface area contributed by atoms with E-state index in [0.29, 0.717) is 6.54 Å². The van der Waals surface area contributed by atoms with Crippen molar-refractivity contribution >= 4 is 17.5 Å². The highest BCUT2D eigenvalue weighted by Crippen LogP contribution is 2.40. The Kier molecular flexibility index (Phi) is 4.06. The third-order valence-electron chi connectivity index (χ3n) is 3.06. The lowest BCUT2D eigenvalue weighted by atomic mass is 10.1.